The highest BCUT2D eigenvalue weighted by atomic mass is 35.5. The molecular formula is C17H23ClN4O3. The van der Waals surface area contributed by atoms with E-state index in [1.807, 2.05) is 20.8 Å². The first-order chi connectivity index (χ1) is 11.7. The third-order valence-corrected chi connectivity index (χ3v) is 3.52. The van der Waals surface area contributed by atoms with Gasteiger partial charge in [-0.2, -0.15) is 5.10 Å². The van der Waals surface area contributed by atoms with Crippen molar-refractivity contribution in [2.45, 2.75) is 34.1 Å². The number of hydrogen-bond donors (Lipinski definition) is 3. The highest BCUT2D eigenvalue weighted by molar-refractivity contribution is 6.40. The molecule has 0 saturated heterocycles. The standard InChI is InChI=1S/C17H23ClN4O3/c1-10(2)9-19-15(23)7-12(4)21-22-17(25)16(24)20-13-6-5-11(3)14(18)8-13/h5-6,8,10H,7,9H2,1-4H3,(H,19,23)(H,20,24)(H,22,25)/b21-12-. The van der Waals surface area contributed by atoms with Gasteiger partial charge in [-0.3, -0.25) is 14.4 Å². The molecule has 1 aromatic carbocycles. The third-order valence-electron chi connectivity index (χ3n) is 3.11. The third kappa shape index (κ3) is 7.80. The molecule has 0 saturated carbocycles. The van der Waals surface area contributed by atoms with Gasteiger partial charge in [-0.25, -0.2) is 5.43 Å². The van der Waals surface area contributed by atoms with Gasteiger partial charge >= 0.3 is 11.8 Å². The summed E-state index contributed by atoms with van der Waals surface area (Å²) in [5, 5.41) is 9.41. The maximum atomic E-state index is 11.8. The Balaban J connectivity index is 2.49. The van der Waals surface area contributed by atoms with Crippen LogP contribution in [0.2, 0.25) is 5.02 Å². The van der Waals surface area contributed by atoms with E-state index < -0.39 is 11.8 Å². The van der Waals surface area contributed by atoms with Crippen LogP contribution < -0.4 is 16.1 Å². The van der Waals surface area contributed by atoms with E-state index in [9.17, 15) is 14.4 Å². The average molecular weight is 367 g/mol. The molecule has 1 aromatic rings. The van der Waals surface area contributed by atoms with Gasteiger partial charge < -0.3 is 10.6 Å². The summed E-state index contributed by atoms with van der Waals surface area (Å²) in [6, 6.07) is 4.92. The molecule has 0 spiro atoms. The Hall–Kier alpha value is -2.41. The minimum Gasteiger partial charge on any atom is -0.356 e. The number of nitrogens with zero attached hydrogens (tertiary/aromatic N) is 1. The van der Waals surface area contributed by atoms with Crippen molar-refractivity contribution in [3.05, 3.63) is 28.8 Å². The van der Waals surface area contributed by atoms with Crippen molar-refractivity contribution in [2.75, 3.05) is 11.9 Å². The number of amides is 3. The van der Waals surface area contributed by atoms with Gasteiger partial charge in [-0.15, -0.1) is 0 Å². The van der Waals surface area contributed by atoms with Gasteiger partial charge in [0.1, 0.15) is 0 Å². The Bertz CT molecular complexity index is 686. The lowest BCUT2D eigenvalue weighted by atomic mass is 10.2. The quantitative estimate of drug-likeness (QED) is 0.409. The molecule has 136 valence electrons. The zero-order valence-electron chi connectivity index (χ0n) is 14.8. The van der Waals surface area contributed by atoms with Crippen molar-refractivity contribution < 1.29 is 14.4 Å². The highest BCUT2D eigenvalue weighted by Crippen LogP contribution is 2.19. The molecule has 0 fully saturated rings. The van der Waals surface area contributed by atoms with Gasteiger partial charge in [0.15, 0.2) is 0 Å². The van der Waals surface area contributed by atoms with Crippen LogP contribution in [0.3, 0.4) is 0 Å². The molecule has 0 aliphatic heterocycles. The monoisotopic (exact) mass is 366 g/mol. The molecule has 3 N–H and O–H groups in total. The number of nitrogens with one attached hydrogen (secondary N) is 3. The van der Waals surface area contributed by atoms with Crippen LogP contribution in [0, 0.1) is 12.8 Å². The van der Waals surface area contributed by atoms with E-state index in [0.717, 1.165) is 5.56 Å². The van der Waals surface area contributed by atoms with Crippen molar-refractivity contribution >= 4 is 40.7 Å². The molecule has 0 aliphatic rings. The second-order valence-corrected chi connectivity index (χ2v) is 6.49. The summed E-state index contributed by atoms with van der Waals surface area (Å²) in [6.07, 6.45) is 0.0438. The number of anilines is 1. The van der Waals surface area contributed by atoms with Gasteiger partial charge in [-0.05, 0) is 37.5 Å². The maximum absolute atomic E-state index is 11.8. The Labute approximate surface area is 152 Å². The first-order valence-electron chi connectivity index (χ1n) is 7.86. The van der Waals surface area contributed by atoms with E-state index in [4.69, 9.17) is 11.6 Å². The number of rotatable bonds is 6. The summed E-state index contributed by atoms with van der Waals surface area (Å²) in [5.74, 6) is -1.65. The van der Waals surface area contributed by atoms with Crippen LogP contribution in [0.5, 0.6) is 0 Å². The maximum Gasteiger partial charge on any atom is 0.329 e. The van der Waals surface area contributed by atoms with Crippen LogP contribution in [0.15, 0.2) is 23.3 Å². The van der Waals surface area contributed by atoms with Crippen molar-refractivity contribution in [2.24, 2.45) is 11.0 Å². The Morgan fingerprint density at radius 1 is 1.20 bits per heavy atom. The molecule has 8 heteroatoms. The lowest BCUT2D eigenvalue weighted by Gasteiger charge is -2.08. The summed E-state index contributed by atoms with van der Waals surface area (Å²) in [6.45, 7) is 7.96. The normalized spacial score (nSPS) is 11.2. The second-order valence-electron chi connectivity index (χ2n) is 6.08. The second kappa shape index (κ2) is 9.78. The van der Waals surface area contributed by atoms with Crippen LogP contribution in [-0.4, -0.2) is 30.0 Å². The zero-order chi connectivity index (χ0) is 19.0. The number of halogens is 1. The molecule has 25 heavy (non-hydrogen) atoms. The molecule has 0 bridgehead atoms. The summed E-state index contributed by atoms with van der Waals surface area (Å²) < 4.78 is 0. The predicted molar refractivity (Wildman–Crippen MR) is 98.5 cm³/mol. The van der Waals surface area contributed by atoms with Crippen LogP contribution >= 0.6 is 11.6 Å². The molecule has 0 aliphatic carbocycles. The zero-order valence-corrected chi connectivity index (χ0v) is 15.5. The van der Waals surface area contributed by atoms with Gasteiger partial charge in [0.2, 0.25) is 5.91 Å². The van der Waals surface area contributed by atoms with Crippen molar-refractivity contribution in [1.29, 1.82) is 0 Å². The largest absolute Gasteiger partial charge is 0.356 e. The number of benzene rings is 1. The van der Waals surface area contributed by atoms with Crippen LogP contribution in [0.4, 0.5) is 5.69 Å². The van der Waals surface area contributed by atoms with E-state index >= 15 is 0 Å². The molecular weight excluding hydrogens is 344 g/mol. The summed E-state index contributed by atoms with van der Waals surface area (Å²) >= 11 is 5.96. The lowest BCUT2D eigenvalue weighted by molar-refractivity contribution is -0.136. The summed E-state index contributed by atoms with van der Waals surface area (Å²) in [4.78, 5) is 35.2. The minimum absolute atomic E-state index is 0.0438. The van der Waals surface area contributed by atoms with E-state index in [0.29, 0.717) is 28.9 Å². The first-order valence-corrected chi connectivity index (χ1v) is 8.24. The summed E-state index contributed by atoms with van der Waals surface area (Å²) in [5.41, 5.74) is 3.78. The van der Waals surface area contributed by atoms with Gasteiger partial charge in [0.05, 0.1) is 6.42 Å². The number of hydrazone groups is 1. The molecule has 7 nitrogen and oxygen atoms in total. The minimum atomic E-state index is -0.932. The topological polar surface area (TPSA) is 99.7 Å². The van der Waals surface area contributed by atoms with Crippen molar-refractivity contribution in [3.8, 4) is 0 Å². The molecule has 1 rings (SSSR count). The first kappa shape index (κ1) is 20.6. The molecule has 3 amide bonds. The molecule has 0 aromatic heterocycles. The number of hydrogen-bond acceptors (Lipinski definition) is 4. The van der Waals surface area contributed by atoms with E-state index in [1.165, 1.54) is 0 Å². The van der Waals surface area contributed by atoms with E-state index in [2.05, 4.69) is 21.2 Å². The molecule has 0 atom stereocenters. The van der Waals surface area contributed by atoms with E-state index in [1.54, 1.807) is 25.1 Å². The Kier molecular flexibility index (Phi) is 8.07. The van der Waals surface area contributed by atoms with Gasteiger partial charge in [-0.1, -0.05) is 31.5 Å². The summed E-state index contributed by atoms with van der Waals surface area (Å²) in [7, 11) is 0. The van der Waals surface area contributed by atoms with Crippen LogP contribution in [0.25, 0.3) is 0 Å². The highest BCUT2D eigenvalue weighted by Gasteiger charge is 2.14. The number of aryl methyl sites for hydroxylation is 1. The fourth-order valence-corrected chi connectivity index (χ4v) is 1.89. The fourth-order valence-electron chi connectivity index (χ4n) is 1.71. The molecule has 0 unspecified atom stereocenters. The fraction of sp³-hybridized carbons (Fsp3) is 0.412. The molecule has 0 heterocycles. The average Bonchev–Trinajstić information content (AvgIpc) is 2.54. The number of carbonyl (C=O) groups is 3. The van der Waals surface area contributed by atoms with Gasteiger partial charge in [0.25, 0.3) is 0 Å². The molecule has 0 radical (unpaired) electrons. The number of carbonyl (C=O) groups excluding carboxylic acids is 3. The van der Waals surface area contributed by atoms with Crippen LogP contribution in [-0.2, 0) is 14.4 Å². The Morgan fingerprint density at radius 3 is 2.48 bits per heavy atom. The predicted octanol–water partition coefficient (Wildman–Crippen LogP) is 2.24. The smallest absolute Gasteiger partial charge is 0.329 e. The van der Waals surface area contributed by atoms with Crippen LogP contribution in [0.1, 0.15) is 32.8 Å². The van der Waals surface area contributed by atoms with Crippen molar-refractivity contribution in [3.63, 3.8) is 0 Å². The van der Waals surface area contributed by atoms with E-state index in [-0.39, 0.29) is 12.3 Å². The lowest BCUT2D eigenvalue weighted by Crippen LogP contribution is -2.33. The Morgan fingerprint density at radius 2 is 1.88 bits per heavy atom. The van der Waals surface area contributed by atoms with Gasteiger partial charge in [0, 0.05) is 23.0 Å². The van der Waals surface area contributed by atoms with Crippen molar-refractivity contribution in [1.82, 2.24) is 10.7 Å². The SMILES string of the molecule is C/C(CC(=O)NCC(C)C)=N/NC(=O)C(=O)Nc1ccc(C)c(Cl)c1.